The molecule has 0 heterocycles. The Kier molecular flexibility index (Phi) is 20.1. The fourth-order valence-corrected chi connectivity index (χ4v) is 9.19. The van der Waals surface area contributed by atoms with E-state index in [1.54, 1.807) is 0 Å². The van der Waals surface area contributed by atoms with Crippen LogP contribution in [0, 0.1) is 0 Å². The molecule has 184 valence electrons. The van der Waals surface area contributed by atoms with E-state index in [4.69, 9.17) is 17.7 Å². The second-order valence-corrected chi connectivity index (χ2v) is 14.7. The van der Waals surface area contributed by atoms with Crippen molar-refractivity contribution in [2.45, 2.75) is 77.4 Å². The van der Waals surface area contributed by atoms with Crippen molar-refractivity contribution in [2.75, 3.05) is 66.8 Å². The lowest BCUT2D eigenvalue weighted by Gasteiger charge is -2.34. The van der Waals surface area contributed by atoms with Gasteiger partial charge in [-0.3, -0.25) is 0 Å². The Morgan fingerprint density at radius 1 is 0.839 bits per heavy atom. The maximum Gasteiger partial charge on any atom is 0.387 e. The molecule has 31 heavy (non-hydrogen) atoms. The first-order valence-electron chi connectivity index (χ1n) is 12.1. The fraction of sp³-hybridized carbons (Fsp3) is 1.00. The van der Waals surface area contributed by atoms with Crippen molar-refractivity contribution in [3.63, 3.8) is 0 Å². The monoisotopic (exact) mass is 490 g/mol. The van der Waals surface area contributed by atoms with Gasteiger partial charge in [-0.05, 0) is 78.5 Å². The number of rotatable bonds is 22. The van der Waals surface area contributed by atoms with Gasteiger partial charge >= 0.3 is 18.6 Å². The molecular formula is C22H50N2O4Si3. The van der Waals surface area contributed by atoms with Gasteiger partial charge in [0.1, 0.15) is 0 Å². The predicted molar refractivity (Wildman–Crippen MR) is 136 cm³/mol. The zero-order valence-electron chi connectivity index (χ0n) is 21.7. The van der Waals surface area contributed by atoms with E-state index >= 15 is 0 Å². The third kappa shape index (κ3) is 14.3. The molecule has 0 rings (SSSR count). The summed E-state index contributed by atoms with van der Waals surface area (Å²) in [6, 6.07) is 1.05. The summed E-state index contributed by atoms with van der Waals surface area (Å²) in [5, 5.41) is 0. The molecular weight excluding hydrogens is 441 g/mol. The molecule has 0 aromatic rings. The van der Waals surface area contributed by atoms with Gasteiger partial charge < -0.3 is 27.5 Å². The SMILES string of the molecule is CCO[Si](CCCN(C)C[Si]C(C)(CCCCCN(CC)CC)[Si](OC)OC)OCC. The summed E-state index contributed by atoms with van der Waals surface area (Å²) in [6.45, 7) is 17.1. The number of hydrogen-bond acceptors (Lipinski definition) is 6. The summed E-state index contributed by atoms with van der Waals surface area (Å²) < 4.78 is 23.3. The van der Waals surface area contributed by atoms with E-state index in [0.717, 1.165) is 61.0 Å². The molecule has 1 unspecified atom stereocenters. The van der Waals surface area contributed by atoms with Crippen LogP contribution in [0.2, 0.25) is 10.7 Å². The lowest BCUT2D eigenvalue weighted by atomic mass is 10.1. The van der Waals surface area contributed by atoms with E-state index in [2.05, 4.69) is 37.6 Å². The second kappa shape index (κ2) is 19.8. The maximum absolute atomic E-state index is 5.82. The van der Waals surface area contributed by atoms with Gasteiger partial charge in [0.25, 0.3) is 0 Å². The summed E-state index contributed by atoms with van der Waals surface area (Å²) in [5.74, 6) is 0. The highest BCUT2D eigenvalue weighted by molar-refractivity contribution is 6.66. The van der Waals surface area contributed by atoms with Crippen molar-refractivity contribution in [1.29, 1.82) is 0 Å². The topological polar surface area (TPSA) is 43.4 Å². The molecule has 0 aliphatic carbocycles. The van der Waals surface area contributed by atoms with E-state index in [9.17, 15) is 0 Å². The molecule has 0 aliphatic rings. The molecule has 0 bridgehead atoms. The number of hydrogen-bond donors (Lipinski definition) is 0. The molecule has 0 aromatic carbocycles. The van der Waals surface area contributed by atoms with Gasteiger partial charge in [0.15, 0.2) is 0 Å². The predicted octanol–water partition coefficient (Wildman–Crippen LogP) is 3.93. The molecule has 0 saturated carbocycles. The zero-order valence-corrected chi connectivity index (χ0v) is 24.7. The van der Waals surface area contributed by atoms with Gasteiger partial charge in [0.2, 0.25) is 0 Å². The molecule has 0 aliphatic heterocycles. The van der Waals surface area contributed by atoms with Gasteiger partial charge in [-0.1, -0.05) is 33.6 Å². The van der Waals surface area contributed by atoms with Gasteiger partial charge in [-0.2, -0.15) is 0 Å². The van der Waals surface area contributed by atoms with Crippen molar-refractivity contribution in [3.05, 3.63) is 0 Å². The molecule has 4 radical (unpaired) electrons. The largest absolute Gasteiger partial charge is 0.397 e. The molecule has 6 nitrogen and oxygen atoms in total. The Hall–Kier alpha value is 0.411. The molecule has 1 atom stereocenters. The Balaban J connectivity index is 4.48. The maximum atomic E-state index is 5.82. The van der Waals surface area contributed by atoms with Crippen LogP contribution in [0.1, 0.15) is 66.7 Å². The first-order chi connectivity index (χ1) is 14.9. The lowest BCUT2D eigenvalue weighted by Crippen LogP contribution is -2.43. The quantitative estimate of drug-likeness (QED) is 0.169. The second-order valence-electron chi connectivity index (χ2n) is 8.12. The van der Waals surface area contributed by atoms with Crippen LogP contribution in [-0.2, 0) is 17.7 Å². The van der Waals surface area contributed by atoms with E-state index < -0.39 is 18.6 Å². The standard InChI is InChI=1S/C22H50N2O4Si3/c1-9-24(10-2)19-15-13-14-17-22(5,31(25-7)26-8)29-21-23(6)18-16-20-30(27-11-3)28-12-4/h9-21H2,1-8H3. The number of nitrogens with zero attached hydrogens (tertiary/aromatic N) is 2. The van der Waals surface area contributed by atoms with Gasteiger partial charge in [0, 0.05) is 32.1 Å². The third-order valence-electron chi connectivity index (χ3n) is 5.64. The summed E-state index contributed by atoms with van der Waals surface area (Å²) in [6.07, 6.45) is 7.24. The van der Waals surface area contributed by atoms with Crippen LogP contribution in [0.15, 0.2) is 0 Å². The van der Waals surface area contributed by atoms with E-state index in [-0.39, 0.29) is 4.66 Å². The van der Waals surface area contributed by atoms with Gasteiger partial charge in [-0.15, -0.1) is 0 Å². The minimum Gasteiger partial charge on any atom is -0.397 e. The average Bonchev–Trinajstić information content (AvgIpc) is 2.76. The minimum absolute atomic E-state index is 0.156. The van der Waals surface area contributed by atoms with E-state index in [0.29, 0.717) is 0 Å². The van der Waals surface area contributed by atoms with Crippen LogP contribution < -0.4 is 0 Å². The molecule has 0 fully saturated rings. The van der Waals surface area contributed by atoms with Crippen molar-refractivity contribution in [2.24, 2.45) is 0 Å². The molecule has 0 spiro atoms. The summed E-state index contributed by atoms with van der Waals surface area (Å²) in [5.41, 5.74) is 0. The average molecular weight is 491 g/mol. The molecule has 0 saturated heterocycles. The Morgan fingerprint density at radius 2 is 1.45 bits per heavy atom. The zero-order chi connectivity index (χ0) is 23.5. The Bertz CT molecular complexity index is 399. The van der Waals surface area contributed by atoms with Gasteiger partial charge in [0.05, 0.1) is 9.52 Å². The Labute approximate surface area is 199 Å². The molecule has 0 amide bonds. The highest BCUT2D eigenvalue weighted by Gasteiger charge is 2.39. The van der Waals surface area contributed by atoms with Crippen LogP contribution >= 0.6 is 0 Å². The molecule has 0 aromatic heterocycles. The van der Waals surface area contributed by atoms with Crippen molar-refractivity contribution in [1.82, 2.24) is 9.80 Å². The smallest absolute Gasteiger partial charge is 0.387 e. The highest BCUT2D eigenvalue weighted by atomic mass is 28.3. The van der Waals surface area contributed by atoms with Crippen LogP contribution in [-0.4, -0.2) is 105 Å². The van der Waals surface area contributed by atoms with Crippen LogP contribution in [0.25, 0.3) is 0 Å². The lowest BCUT2D eigenvalue weighted by molar-refractivity contribution is 0.211. The van der Waals surface area contributed by atoms with Crippen molar-refractivity contribution < 1.29 is 17.7 Å². The van der Waals surface area contributed by atoms with Crippen LogP contribution in [0.3, 0.4) is 0 Å². The first-order valence-corrected chi connectivity index (χ1v) is 16.2. The molecule has 0 N–H and O–H groups in total. The van der Waals surface area contributed by atoms with E-state index in [1.807, 2.05) is 28.1 Å². The summed E-state index contributed by atoms with van der Waals surface area (Å²) in [7, 11) is 4.31. The van der Waals surface area contributed by atoms with Crippen LogP contribution in [0.5, 0.6) is 0 Å². The summed E-state index contributed by atoms with van der Waals surface area (Å²) in [4.78, 5) is 4.97. The minimum atomic E-state index is -1.28. The normalized spacial score (nSPS) is 14.3. The fourth-order valence-electron chi connectivity index (χ4n) is 3.72. The highest BCUT2D eigenvalue weighted by Crippen LogP contribution is 2.35. The van der Waals surface area contributed by atoms with Gasteiger partial charge in [-0.25, -0.2) is 0 Å². The van der Waals surface area contributed by atoms with Crippen LogP contribution in [0.4, 0.5) is 0 Å². The van der Waals surface area contributed by atoms with E-state index in [1.165, 1.54) is 32.2 Å². The number of unbranched alkanes of at least 4 members (excludes halogenated alkanes) is 2. The summed E-state index contributed by atoms with van der Waals surface area (Å²) >= 11 is 0. The molecule has 9 heteroatoms. The first kappa shape index (κ1) is 31.4. The Morgan fingerprint density at radius 3 is 1.97 bits per heavy atom. The van der Waals surface area contributed by atoms with Crippen molar-refractivity contribution >= 4 is 28.1 Å². The third-order valence-corrected chi connectivity index (χ3v) is 12.4. The van der Waals surface area contributed by atoms with Crippen molar-refractivity contribution in [3.8, 4) is 0 Å².